The van der Waals surface area contributed by atoms with Crippen molar-refractivity contribution in [2.24, 2.45) is 0 Å². The fourth-order valence-corrected chi connectivity index (χ4v) is 4.49. The zero-order chi connectivity index (χ0) is 26.6. The number of aromatic hydroxyl groups is 1. The number of hydrogen-bond donors (Lipinski definition) is 2. The highest BCUT2D eigenvalue weighted by Gasteiger charge is 2.28. The first kappa shape index (κ1) is 24.7. The molecule has 0 aliphatic heterocycles. The second-order valence-electron chi connectivity index (χ2n) is 8.63. The van der Waals surface area contributed by atoms with Crippen LogP contribution < -0.4 is 10.2 Å². The Kier molecular flexibility index (Phi) is 6.86. The molecule has 1 unspecified atom stereocenters. The van der Waals surface area contributed by atoms with Gasteiger partial charge in [-0.3, -0.25) is 14.6 Å². The molecule has 2 N–H and O–H groups in total. The van der Waals surface area contributed by atoms with Crippen molar-refractivity contribution in [2.75, 3.05) is 0 Å². The molecule has 3 aromatic carbocycles. The molecule has 0 amide bonds. The average molecular weight is 512 g/mol. The molecule has 0 aliphatic carbocycles. The van der Waals surface area contributed by atoms with Crippen molar-refractivity contribution < 1.29 is 28.6 Å². The number of ether oxygens (including phenoxy) is 1. The van der Waals surface area contributed by atoms with Gasteiger partial charge in [-0.05, 0) is 36.4 Å². The fourth-order valence-electron chi connectivity index (χ4n) is 4.49. The van der Waals surface area contributed by atoms with E-state index in [0.29, 0.717) is 17.0 Å². The summed E-state index contributed by atoms with van der Waals surface area (Å²) >= 11 is 0. The molecule has 0 radical (unpaired) electrons. The average Bonchev–Trinajstić information content (AvgIpc) is 2.92. The van der Waals surface area contributed by atoms with Crippen LogP contribution in [0.1, 0.15) is 29.2 Å². The molecule has 190 valence electrons. The van der Waals surface area contributed by atoms with Crippen LogP contribution in [0.5, 0.6) is 11.5 Å². The molecule has 2 aromatic heterocycles. The topological polar surface area (TPSA) is 110 Å². The zero-order valence-corrected chi connectivity index (χ0v) is 20.0. The molecule has 0 aliphatic rings. The number of rotatable bonds is 8. The number of carboxylic acid groups (broad SMARTS) is 1. The second kappa shape index (κ2) is 10.6. The van der Waals surface area contributed by atoms with Crippen LogP contribution in [0, 0.1) is 5.82 Å². The van der Waals surface area contributed by atoms with Crippen molar-refractivity contribution in [2.45, 2.75) is 18.9 Å². The van der Waals surface area contributed by atoms with Crippen LogP contribution in [0.25, 0.3) is 22.1 Å². The molecule has 5 aromatic rings. The number of aromatic nitrogens is 1. The second-order valence-corrected chi connectivity index (χ2v) is 8.63. The van der Waals surface area contributed by atoms with Crippen LogP contribution in [0.3, 0.4) is 0 Å². The van der Waals surface area contributed by atoms with Crippen LogP contribution >= 0.6 is 0 Å². The van der Waals surface area contributed by atoms with Gasteiger partial charge in [0.25, 0.3) is 0 Å². The van der Waals surface area contributed by atoms with E-state index in [2.05, 4.69) is 4.98 Å². The Labute approximate surface area is 216 Å². The first-order chi connectivity index (χ1) is 18.4. The summed E-state index contributed by atoms with van der Waals surface area (Å²) < 4.78 is 26.3. The highest BCUT2D eigenvalue weighted by molar-refractivity contribution is 5.87. The number of carboxylic acids is 1. The first-order valence-electron chi connectivity index (χ1n) is 11.8. The number of halogens is 1. The molecule has 0 fully saturated rings. The van der Waals surface area contributed by atoms with Crippen molar-refractivity contribution in [1.29, 1.82) is 0 Å². The number of nitrogens with zero attached hydrogens (tertiary/aromatic N) is 1. The van der Waals surface area contributed by atoms with Gasteiger partial charge >= 0.3 is 5.97 Å². The molecule has 0 saturated carbocycles. The number of fused-ring (bicyclic) bond motifs is 1. The number of pyridine rings is 1. The maximum atomic E-state index is 14.4. The van der Waals surface area contributed by atoms with Crippen molar-refractivity contribution in [3.05, 3.63) is 124 Å². The number of benzene rings is 3. The van der Waals surface area contributed by atoms with Crippen LogP contribution in [0.15, 0.2) is 101 Å². The molecular formula is C30H22FNO6. The summed E-state index contributed by atoms with van der Waals surface area (Å²) in [6, 6.07) is 20.8. The van der Waals surface area contributed by atoms with Gasteiger partial charge in [0.15, 0.2) is 0 Å². The van der Waals surface area contributed by atoms with Crippen molar-refractivity contribution in [3.63, 3.8) is 0 Å². The Balaban J connectivity index is 1.65. The molecule has 8 heteroatoms. The zero-order valence-electron chi connectivity index (χ0n) is 20.0. The van der Waals surface area contributed by atoms with Crippen molar-refractivity contribution >= 4 is 16.9 Å². The maximum Gasteiger partial charge on any atom is 0.304 e. The SMILES string of the molecule is O=C(O)CC(c1ccccc1OCc1ccccn1)c1c(O)ccc2c(=O)c(-c3ccccc3F)coc12. The number of aliphatic carboxylic acids is 1. The number of phenols is 1. The summed E-state index contributed by atoms with van der Waals surface area (Å²) in [7, 11) is 0. The molecule has 5 rings (SSSR count). The lowest BCUT2D eigenvalue weighted by Crippen LogP contribution is -2.13. The fraction of sp³-hybridized carbons (Fsp3) is 0.100. The smallest absolute Gasteiger partial charge is 0.304 e. The maximum absolute atomic E-state index is 14.4. The van der Waals surface area contributed by atoms with Gasteiger partial charge in [0, 0.05) is 28.8 Å². The van der Waals surface area contributed by atoms with E-state index >= 15 is 0 Å². The number of para-hydroxylation sites is 1. The van der Waals surface area contributed by atoms with Gasteiger partial charge in [0.1, 0.15) is 35.8 Å². The van der Waals surface area contributed by atoms with E-state index in [9.17, 15) is 24.2 Å². The third-order valence-electron chi connectivity index (χ3n) is 6.24. The summed E-state index contributed by atoms with van der Waals surface area (Å²) in [6.07, 6.45) is 2.35. The molecular weight excluding hydrogens is 489 g/mol. The van der Waals surface area contributed by atoms with Crippen molar-refractivity contribution in [3.8, 4) is 22.6 Å². The number of carbonyl (C=O) groups is 1. The van der Waals surface area contributed by atoms with Crippen LogP contribution in [-0.2, 0) is 11.4 Å². The Morgan fingerprint density at radius 3 is 2.50 bits per heavy atom. The lowest BCUT2D eigenvalue weighted by molar-refractivity contribution is -0.137. The van der Waals surface area contributed by atoms with Gasteiger partial charge in [0.2, 0.25) is 5.43 Å². The van der Waals surface area contributed by atoms with E-state index in [0.717, 1.165) is 6.26 Å². The summed E-state index contributed by atoms with van der Waals surface area (Å²) in [5.41, 5.74) is 0.878. The normalized spacial score (nSPS) is 11.8. The molecule has 7 nitrogen and oxygen atoms in total. The molecule has 0 saturated heterocycles. The van der Waals surface area contributed by atoms with Crippen molar-refractivity contribution in [1.82, 2.24) is 4.98 Å². The van der Waals surface area contributed by atoms with E-state index < -0.39 is 29.6 Å². The van der Waals surface area contributed by atoms with Crippen LogP contribution in [-0.4, -0.2) is 21.2 Å². The minimum absolute atomic E-state index is 0.0147. The lowest BCUT2D eigenvalue weighted by atomic mass is 9.86. The van der Waals surface area contributed by atoms with Gasteiger partial charge in [-0.15, -0.1) is 0 Å². The Bertz CT molecular complexity index is 1680. The van der Waals surface area contributed by atoms with Gasteiger partial charge in [-0.25, -0.2) is 4.39 Å². The molecule has 0 bridgehead atoms. The summed E-state index contributed by atoms with van der Waals surface area (Å²) in [5, 5.41) is 20.8. The molecule has 0 spiro atoms. The number of hydrogen-bond acceptors (Lipinski definition) is 6. The minimum Gasteiger partial charge on any atom is -0.508 e. The van der Waals surface area contributed by atoms with Gasteiger partial charge in [-0.1, -0.05) is 42.5 Å². The summed E-state index contributed by atoms with van der Waals surface area (Å²) in [6.45, 7) is 0.139. The number of phenolic OH excluding ortho intramolecular Hbond substituents is 1. The highest BCUT2D eigenvalue weighted by Crippen LogP contribution is 2.42. The standard InChI is InChI=1S/C30H22FNO6/c31-24-10-3-1-8-19(24)23-17-38-30-21(29(23)36)12-13-25(33)28(30)22(15-27(34)35)20-9-2-4-11-26(20)37-16-18-7-5-6-14-32-18/h1-14,17,22,33H,15-16H2,(H,34,35). The van der Waals surface area contributed by atoms with Crippen LogP contribution in [0.2, 0.25) is 0 Å². The van der Waals surface area contributed by atoms with E-state index in [1.54, 1.807) is 48.7 Å². The third-order valence-corrected chi connectivity index (χ3v) is 6.24. The quantitative estimate of drug-likeness (QED) is 0.267. The highest BCUT2D eigenvalue weighted by atomic mass is 19.1. The Morgan fingerprint density at radius 1 is 0.974 bits per heavy atom. The van der Waals surface area contributed by atoms with Gasteiger partial charge in [-0.2, -0.15) is 0 Å². The van der Waals surface area contributed by atoms with E-state index in [1.165, 1.54) is 30.3 Å². The first-order valence-corrected chi connectivity index (χ1v) is 11.8. The third kappa shape index (κ3) is 4.84. The predicted octanol–water partition coefficient (Wildman–Crippen LogP) is 5.89. The van der Waals surface area contributed by atoms with E-state index in [-0.39, 0.29) is 40.0 Å². The largest absolute Gasteiger partial charge is 0.508 e. The Morgan fingerprint density at radius 2 is 1.74 bits per heavy atom. The lowest BCUT2D eigenvalue weighted by Gasteiger charge is -2.21. The van der Waals surface area contributed by atoms with E-state index in [1.807, 2.05) is 6.07 Å². The summed E-state index contributed by atoms with van der Waals surface area (Å²) in [4.78, 5) is 29.6. The van der Waals surface area contributed by atoms with E-state index in [4.69, 9.17) is 9.15 Å². The van der Waals surface area contributed by atoms with Crippen LogP contribution in [0.4, 0.5) is 4.39 Å². The monoisotopic (exact) mass is 511 g/mol. The molecule has 2 heterocycles. The Hall–Kier alpha value is -4.98. The van der Waals surface area contributed by atoms with Gasteiger partial charge < -0.3 is 19.4 Å². The molecule has 38 heavy (non-hydrogen) atoms. The van der Waals surface area contributed by atoms with Gasteiger partial charge in [0.05, 0.1) is 23.1 Å². The predicted molar refractivity (Wildman–Crippen MR) is 139 cm³/mol. The molecule has 1 atom stereocenters. The summed E-state index contributed by atoms with van der Waals surface area (Å²) in [5.74, 6) is -2.49. The minimum atomic E-state index is -1.13.